The second-order valence-corrected chi connectivity index (χ2v) is 16.8. The van der Waals surface area contributed by atoms with E-state index in [2.05, 4.69) is 36.4 Å². The number of hydrogen-bond acceptors (Lipinski definition) is 3. The van der Waals surface area contributed by atoms with Crippen LogP contribution in [0.1, 0.15) is 5.56 Å². The summed E-state index contributed by atoms with van der Waals surface area (Å²) in [6.07, 6.45) is 0. The molecule has 4 aromatic carbocycles. The SMILES string of the molecule is Cc1cccc(OCC(=O)[O][Sn]([c]2ccccc2)([c]2ccccc2)[c]2ccccc2)c1. The van der Waals surface area contributed by atoms with Crippen LogP contribution in [0.5, 0.6) is 5.75 Å². The quantitative estimate of drug-likeness (QED) is 0.354. The first kappa shape index (κ1) is 21.2. The summed E-state index contributed by atoms with van der Waals surface area (Å²) < 4.78 is 15.5. The van der Waals surface area contributed by atoms with Crippen molar-refractivity contribution in [1.29, 1.82) is 0 Å². The van der Waals surface area contributed by atoms with Crippen molar-refractivity contribution in [2.24, 2.45) is 0 Å². The number of carbonyl (C=O) groups excluding carboxylic acids is 1. The summed E-state index contributed by atoms with van der Waals surface area (Å²) in [5, 5.41) is 0. The van der Waals surface area contributed by atoms with E-state index in [1.807, 2.05) is 85.8 Å². The van der Waals surface area contributed by atoms with Crippen LogP contribution in [-0.4, -0.2) is 31.4 Å². The molecule has 0 N–H and O–H groups in total. The summed E-state index contributed by atoms with van der Waals surface area (Å²) in [6.45, 7) is 1.86. The van der Waals surface area contributed by atoms with Gasteiger partial charge in [0.2, 0.25) is 0 Å². The Morgan fingerprint density at radius 2 is 1.16 bits per heavy atom. The van der Waals surface area contributed by atoms with Crippen molar-refractivity contribution < 1.29 is 12.6 Å². The van der Waals surface area contributed by atoms with E-state index in [-0.39, 0.29) is 12.6 Å². The van der Waals surface area contributed by atoms with Crippen molar-refractivity contribution in [3.63, 3.8) is 0 Å². The number of hydrogen-bond donors (Lipinski definition) is 0. The Morgan fingerprint density at radius 3 is 1.61 bits per heavy atom. The zero-order valence-electron chi connectivity index (χ0n) is 17.4. The van der Waals surface area contributed by atoms with Crippen molar-refractivity contribution in [2.45, 2.75) is 6.92 Å². The van der Waals surface area contributed by atoms with Gasteiger partial charge in [-0.15, -0.1) is 0 Å². The van der Waals surface area contributed by atoms with E-state index < -0.39 is 18.8 Å². The molecule has 0 aromatic heterocycles. The third-order valence-electron chi connectivity index (χ3n) is 5.15. The Bertz CT molecular complexity index is 1030. The molecule has 0 unspecified atom stereocenters. The predicted octanol–water partition coefficient (Wildman–Crippen LogP) is 3.58. The summed E-state index contributed by atoms with van der Waals surface area (Å²) >= 11 is -4.08. The molecule has 154 valence electrons. The predicted molar refractivity (Wildman–Crippen MR) is 127 cm³/mol. The average Bonchev–Trinajstić information content (AvgIpc) is 2.83. The molecule has 0 spiro atoms. The van der Waals surface area contributed by atoms with Gasteiger partial charge in [0, 0.05) is 0 Å². The van der Waals surface area contributed by atoms with Gasteiger partial charge in [-0.2, -0.15) is 0 Å². The van der Waals surface area contributed by atoms with E-state index >= 15 is 0 Å². The zero-order chi connectivity index (χ0) is 21.5. The summed E-state index contributed by atoms with van der Waals surface area (Å²) in [7, 11) is 0. The van der Waals surface area contributed by atoms with Gasteiger partial charge in [0.1, 0.15) is 0 Å². The molecule has 0 heterocycles. The molecule has 0 radical (unpaired) electrons. The van der Waals surface area contributed by atoms with Crippen LogP contribution in [-0.2, 0) is 7.87 Å². The molecular weight excluding hydrogens is 491 g/mol. The maximum absolute atomic E-state index is 13.1. The first-order chi connectivity index (χ1) is 15.2. The molecule has 0 bridgehead atoms. The molecule has 0 aliphatic carbocycles. The van der Waals surface area contributed by atoms with E-state index in [1.165, 1.54) is 0 Å². The normalized spacial score (nSPS) is 11.0. The average molecular weight is 515 g/mol. The van der Waals surface area contributed by atoms with Gasteiger partial charge < -0.3 is 0 Å². The van der Waals surface area contributed by atoms with Crippen LogP contribution >= 0.6 is 0 Å². The van der Waals surface area contributed by atoms with Crippen molar-refractivity contribution in [1.82, 2.24) is 0 Å². The first-order valence-electron chi connectivity index (χ1n) is 10.3. The van der Waals surface area contributed by atoms with Crippen LogP contribution in [0.3, 0.4) is 0 Å². The Hall–Kier alpha value is -3.05. The van der Waals surface area contributed by atoms with E-state index in [0.717, 1.165) is 16.3 Å². The van der Waals surface area contributed by atoms with Crippen LogP contribution < -0.4 is 15.5 Å². The summed E-state index contributed by atoms with van der Waals surface area (Å²) in [5.41, 5.74) is 1.08. The van der Waals surface area contributed by atoms with Gasteiger partial charge >= 0.3 is 188 Å². The van der Waals surface area contributed by atoms with Crippen molar-refractivity contribution in [3.8, 4) is 5.75 Å². The molecular formula is C27H24O3Sn. The molecule has 0 saturated heterocycles. The van der Waals surface area contributed by atoms with Crippen LogP contribution in [0.15, 0.2) is 115 Å². The number of aryl methyl sites for hydroxylation is 1. The fraction of sp³-hybridized carbons (Fsp3) is 0.0741. The fourth-order valence-electron chi connectivity index (χ4n) is 3.74. The van der Waals surface area contributed by atoms with Gasteiger partial charge in [-0.3, -0.25) is 0 Å². The third-order valence-corrected chi connectivity index (χ3v) is 16.5. The Balaban J connectivity index is 1.74. The van der Waals surface area contributed by atoms with E-state index in [0.29, 0.717) is 5.75 Å². The number of rotatable bonds is 7. The second-order valence-electron chi connectivity index (χ2n) is 7.36. The zero-order valence-corrected chi connectivity index (χ0v) is 20.3. The summed E-state index contributed by atoms with van der Waals surface area (Å²) in [4.78, 5) is 13.1. The van der Waals surface area contributed by atoms with Gasteiger partial charge in [0.05, 0.1) is 0 Å². The molecule has 0 aliphatic rings. The second kappa shape index (κ2) is 9.84. The number of benzene rings is 4. The molecule has 0 amide bonds. The summed E-state index contributed by atoms with van der Waals surface area (Å²) in [5.74, 6) is 0.311. The first-order valence-corrected chi connectivity index (χ1v) is 15.7. The van der Waals surface area contributed by atoms with Gasteiger partial charge in [0.15, 0.2) is 0 Å². The Morgan fingerprint density at radius 1 is 0.677 bits per heavy atom. The van der Waals surface area contributed by atoms with E-state index in [1.54, 1.807) is 0 Å². The van der Waals surface area contributed by atoms with Crippen LogP contribution in [0.2, 0.25) is 0 Å². The maximum atomic E-state index is 13.1. The summed E-state index contributed by atoms with van der Waals surface area (Å²) in [6, 6.07) is 38.1. The molecule has 4 aromatic rings. The van der Waals surface area contributed by atoms with Crippen LogP contribution in [0.25, 0.3) is 0 Å². The van der Waals surface area contributed by atoms with Crippen molar-refractivity contribution in [3.05, 3.63) is 121 Å². The van der Waals surface area contributed by atoms with Gasteiger partial charge in [0.25, 0.3) is 0 Å². The van der Waals surface area contributed by atoms with Gasteiger partial charge in [-0.05, 0) is 0 Å². The molecule has 0 atom stereocenters. The number of carbonyl (C=O) groups is 1. The molecule has 3 nitrogen and oxygen atoms in total. The molecule has 0 fully saturated rings. The fourth-order valence-corrected chi connectivity index (χ4v) is 14.4. The van der Waals surface area contributed by atoms with Crippen LogP contribution in [0.4, 0.5) is 0 Å². The van der Waals surface area contributed by atoms with Gasteiger partial charge in [-0.25, -0.2) is 0 Å². The molecule has 0 saturated carbocycles. The third kappa shape index (κ3) is 4.83. The Labute approximate surface area is 187 Å². The minimum atomic E-state index is -4.08. The monoisotopic (exact) mass is 516 g/mol. The van der Waals surface area contributed by atoms with E-state index in [4.69, 9.17) is 7.81 Å². The number of ether oxygens (including phenoxy) is 1. The van der Waals surface area contributed by atoms with Crippen LogP contribution in [0, 0.1) is 6.92 Å². The van der Waals surface area contributed by atoms with Gasteiger partial charge in [-0.1, -0.05) is 0 Å². The van der Waals surface area contributed by atoms with Crippen molar-refractivity contribution >= 4 is 35.5 Å². The Kier molecular flexibility index (Phi) is 6.72. The molecule has 4 rings (SSSR count). The molecule has 0 aliphatic heterocycles. The molecule has 31 heavy (non-hydrogen) atoms. The minimum absolute atomic E-state index is 0.130. The van der Waals surface area contributed by atoms with Crippen molar-refractivity contribution in [2.75, 3.05) is 6.61 Å². The molecule has 4 heteroatoms. The standard InChI is InChI=1S/C9H10O3.3C6H5.Sn/c1-7-3-2-4-8(5-7)12-6-9(10)11;3*1-2-4-6-5-3-1;/h2-5H,6H2,1H3,(H,10,11);3*1-5H;/q;;;;+1/p-1. The van der Waals surface area contributed by atoms with E-state index in [9.17, 15) is 4.79 Å². The topological polar surface area (TPSA) is 35.5 Å².